The Morgan fingerprint density at radius 2 is 2.04 bits per heavy atom. The number of aryl methyl sites for hydroxylation is 1. The minimum absolute atomic E-state index is 0.0681. The van der Waals surface area contributed by atoms with Gasteiger partial charge in [-0.05, 0) is 62.1 Å². The van der Waals surface area contributed by atoms with Crippen molar-refractivity contribution in [3.63, 3.8) is 0 Å². The summed E-state index contributed by atoms with van der Waals surface area (Å²) in [6.45, 7) is 3.96. The molecule has 0 saturated carbocycles. The van der Waals surface area contributed by atoms with Crippen LogP contribution < -0.4 is 9.64 Å². The van der Waals surface area contributed by atoms with E-state index in [1.54, 1.807) is 11.0 Å². The lowest BCUT2D eigenvalue weighted by Crippen LogP contribution is -2.48. The van der Waals surface area contributed by atoms with Gasteiger partial charge in [-0.15, -0.1) is 0 Å². The molecule has 2 aromatic carbocycles. The molecule has 0 fully saturated rings. The largest absolute Gasteiger partial charge is 0.481 e. The summed E-state index contributed by atoms with van der Waals surface area (Å²) in [6, 6.07) is 14.1. The standard InChI is InChI=1S/C20H22FNO2/c1-3-19(24-17-7-5-4-6-8-17)20(23)22-14(2)9-10-15-13-16(21)11-12-18(15)22/h4-8,11-14,19H,3,9-10H2,1-2H3/t14-,19+/m0/s1. The van der Waals surface area contributed by atoms with Gasteiger partial charge in [0.05, 0.1) is 0 Å². The van der Waals surface area contributed by atoms with Crippen molar-refractivity contribution >= 4 is 11.6 Å². The minimum Gasteiger partial charge on any atom is -0.481 e. The van der Waals surface area contributed by atoms with Crippen LogP contribution in [0.4, 0.5) is 10.1 Å². The molecule has 0 saturated heterocycles. The van der Waals surface area contributed by atoms with Gasteiger partial charge in [-0.2, -0.15) is 0 Å². The first-order valence-corrected chi connectivity index (χ1v) is 8.43. The van der Waals surface area contributed by atoms with Crippen molar-refractivity contribution in [2.45, 2.75) is 45.3 Å². The quantitative estimate of drug-likeness (QED) is 0.835. The molecule has 24 heavy (non-hydrogen) atoms. The van der Waals surface area contributed by atoms with E-state index < -0.39 is 6.10 Å². The van der Waals surface area contributed by atoms with Gasteiger partial charge >= 0.3 is 0 Å². The minimum atomic E-state index is -0.550. The predicted molar refractivity (Wildman–Crippen MR) is 92.8 cm³/mol. The summed E-state index contributed by atoms with van der Waals surface area (Å²) in [5, 5.41) is 0. The molecule has 1 aliphatic heterocycles. The van der Waals surface area contributed by atoms with E-state index in [-0.39, 0.29) is 17.8 Å². The number of carbonyl (C=O) groups excluding carboxylic acids is 1. The van der Waals surface area contributed by atoms with Crippen LogP contribution in [0.1, 0.15) is 32.3 Å². The normalized spacial score (nSPS) is 18.0. The van der Waals surface area contributed by atoms with Crippen LogP contribution in [0.25, 0.3) is 0 Å². The van der Waals surface area contributed by atoms with Crippen LogP contribution in [0.5, 0.6) is 5.75 Å². The third kappa shape index (κ3) is 3.28. The molecule has 0 unspecified atom stereocenters. The fourth-order valence-electron chi connectivity index (χ4n) is 3.18. The highest BCUT2D eigenvalue weighted by atomic mass is 19.1. The summed E-state index contributed by atoms with van der Waals surface area (Å²) in [5.74, 6) is 0.353. The van der Waals surface area contributed by atoms with Crippen LogP contribution in [-0.2, 0) is 11.2 Å². The Kier molecular flexibility index (Phi) is 4.84. The van der Waals surface area contributed by atoms with Gasteiger partial charge < -0.3 is 9.64 Å². The first-order valence-electron chi connectivity index (χ1n) is 8.43. The zero-order valence-corrected chi connectivity index (χ0v) is 14.0. The van der Waals surface area contributed by atoms with E-state index >= 15 is 0 Å². The molecule has 0 aromatic heterocycles. The molecule has 1 aliphatic rings. The van der Waals surface area contributed by atoms with Crippen molar-refractivity contribution in [3.8, 4) is 5.75 Å². The molecule has 3 rings (SSSR count). The second kappa shape index (κ2) is 7.04. The number of anilines is 1. The number of fused-ring (bicyclic) bond motifs is 1. The summed E-state index contributed by atoms with van der Waals surface area (Å²) in [5.41, 5.74) is 1.69. The molecule has 1 heterocycles. The number of amides is 1. The predicted octanol–water partition coefficient (Wildman–Crippen LogP) is 4.35. The average Bonchev–Trinajstić information content (AvgIpc) is 2.60. The van der Waals surface area contributed by atoms with Crippen LogP contribution in [0, 0.1) is 5.82 Å². The van der Waals surface area contributed by atoms with E-state index in [1.807, 2.05) is 44.2 Å². The Hall–Kier alpha value is -2.36. The number of ether oxygens (including phenoxy) is 1. The van der Waals surface area contributed by atoms with Gasteiger partial charge in [0.1, 0.15) is 11.6 Å². The van der Waals surface area contributed by atoms with E-state index in [4.69, 9.17) is 4.74 Å². The number of benzene rings is 2. The molecule has 0 radical (unpaired) electrons. The maximum Gasteiger partial charge on any atom is 0.268 e. The second-order valence-electron chi connectivity index (χ2n) is 6.20. The Morgan fingerprint density at radius 1 is 1.29 bits per heavy atom. The van der Waals surface area contributed by atoms with Gasteiger partial charge in [-0.1, -0.05) is 25.1 Å². The van der Waals surface area contributed by atoms with Crippen molar-refractivity contribution in [3.05, 3.63) is 59.9 Å². The van der Waals surface area contributed by atoms with Crippen molar-refractivity contribution in [1.29, 1.82) is 0 Å². The molecular formula is C20H22FNO2. The summed E-state index contributed by atoms with van der Waals surface area (Å²) in [4.78, 5) is 14.9. The number of halogens is 1. The molecule has 4 heteroatoms. The number of carbonyl (C=O) groups is 1. The maximum atomic E-state index is 13.5. The first-order chi connectivity index (χ1) is 11.6. The molecule has 126 valence electrons. The molecule has 0 bridgehead atoms. The third-order valence-electron chi connectivity index (χ3n) is 4.48. The van der Waals surface area contributed by atoms with Crippen molar-refractivity contribution < 1.29 is 13.9 Å². The lowest BCUT2D eigenvalue weighted by atomic mass is 9.95. The Labute approximate surface area is 142 Å². The summed E-state index contributed by atoms with van der Waals surface area (Å²) in [7, 11) is 0. The number of hydrogen-bond acceptors (Lipinski definition) is 2. The van der Waals surface area contributed by atoms with Crippen LogP contribution in [0.2, 0.25) is 0 Å². The average molecular weight is 327 g/mol. The molecule has 2 aromatic rings. The maximum absolute atomic E-state index is 13.5. The smallest absolute Gasteiger partial charge is 0.268 e. The van der Waals surface area contributed by atoms with Gasteiger partial charge in [0.2, 0.25) is 0 Å². The highest BCUT2D eigenvalue weighted by molar-refractivity contribution is 5.98. The van der Waals surface area contributed by atoms with E-state index in [0.717, 1.165) is 24.1 Å². The Bertz CT molecular complexity index is 717. The molecule has 0 aliphatic carbocycles. The van der Waals surface area contributed by atoms with Gasteiger partial charge in [0.15, 0.2) is 6.10 Å². The lowest BCUT2D eigenvalue weighted by Gasteiger charge is -2.37. The van der Waals surface area contributed by atoms with Gasteiger partial charge in [-0.3, -0.25) is 4.79 Å². The monoisotopic (exact) mass is 327 g/mol. The van der Waals surface area contributed by atoms with Crippen molar-refractivity contribution in [1.82, 2.24) is 0 Å². The van der Waals surface area contributed by atoms with Crippen LogP contribution >= 0.6 is 0 Å². The Morgan fingerprint density at radius 3 is 2.75 bits per heavy atom. The molecule has 3 nitrogen and oxygen atoms in total. The third-order valence-corrected chi connectivity index (χ3v) is 4.48. The molecular weight excluding hydrogens is 305 g/mol. The topological polar surface area (TPSA) is 29.5 Å². The lowest BCUT2D eigenvalue weighted by molar-refractivity contribution is -0.126. The number of hydrogen-bond donors (Lipinski definition) is 0. The fraction of sp³-hybridized carbons (Fsp3) is 0.350. The van der Waals surface area contributed by atoms with E-state index in [1.165, 1.54) is 12.1 Å². The van der Waals surface area contributed by atoms with Crippen LogP contribution in [0.15, 0.2) is 48.5 Å². The number of rotatable bonds is 4. The van der Waals surface area contributed by atoms with Gasteiger partial charge in [0.25, 0.3) is 5.91 Å². The molecule has 0 N–H and O–H groups in total. The van der Waals surface area contributed by atoms with Crippen molar-refractivity contribution in [2.24, 2.45) is 0 Å². The Balaban J connectivity index is 1.87. The highest BCUT2D eigenvalue weighted by Crippen LogP contribution is 2.32. The van der Waals surface area contributed by atoms with Crippen LogP contribution in [0.3, 0.4) is 0 Å². The van der Waals surface area contributed by atoms with Gasteiger partial charge in [-0.25, -0.2) is 4.39 Å². The number of nitrogens with zero attached hydrogens (tertiary/aromatic N) is 1. The number of para-hydroxylation sites is 1. The van der Waals surface area contributed by atoms with Crippen molar-refractivity contribution in [2.75, 3.05) is 4.90 Å². The fourth-order valence-corrected chi connectivity index (χ4v) is 3.18. The highest BCUT2D eigenvalue weighted by Gasteiger charge is 2.33. The molecule has 2 atom stereocenters. The molecule has 0 spiro atoms. The van der Waals surface area contributed by atoms with E-state index in [2.05, 4.69) is 0 Å². The SMILES string of the molecule is CC[C@@H](Oc1ccccc1)C(=O)N1c2ccc(F)cc2CC[C@@H]1C. The van der Waals surface area contributed by atoms with E-state index in [9.17, 15) is 9.18 Å². The zero-order valence-electron chi connectivity index (χ0n) is 14.0. The summed E-state index contributed by atoms with van der Waals surface area (Å²) in [6.07, 6.45) is 1.64. The first kappa shape index (κ1) is 16.5. The zero-order chi connectivity index (χ0) is 17.1. The molecule has 1 amide bonds. The summed E-state index contributed by atoms with van der Waals surface area (Å²) >= 11 is 0. The van der Waals surface area contributed by atoms with E-state index in [0.29, 0.717) is 12.2 Å². The van der Waals surface area contributed by atoms with Gasteiger partial charge in [0, 0.05) is 11.7 Å². The van der Waals surface area contributed by atoms with Crippen LogP contribution in [-0.4, -0.2) is 18.1 Å². The second-order valence-corrected chi connectivity index (χ2v) is 6.20. The summed E-state index contributed by atoms with van der Waals surface area (Å²) < 4.78 is 19.4.